The number of nitrogens with zero attached hydrogens (tertiary/aromatic N) is 3. The molecule has 0 aliphatic carbocycles. The Balaban J connectivity index is 2.87. The van der Waals surface area contributed by atoms with Crippen molar-refractivity contribution in [3.05, 3.63) is 17.0 Å². The number of likely N-dealkylation sites (N-methyl/N-ethyl adjacent to an activating group) is 1. The van der Waals surface area contributed by atoms with Crippen molar-refractivity contribution in [2.45, 2.75) is 26.3 Å². The van der Waals surface area contributed by atoms with Gasteiger partial charge in [-0.05, 0) is 46.5 Å². The van der Waals surface area contributed by atoms with Crippen molar-refractivity contribution in [3.63, 3.8) is 0 Å². The van der Waals surface area contributed by atoms with Crippen LogP contribution in [0.5, 0.6) is 0 Å². The van der Waals surface area contributed by atoms with Crippen molar-refractivity contribution in [2.24, 2.45) is 0 Å². The summed E-state index contributed by atoms with van der Waals surface area (Å²) in [7, 11) is 3.95. The van der Waals surface area contributed by atoms with E-state index in [0.717, 1.165) is 6.54 Å². The second kappa shape index (κ2) is 6.85. The smallest absolute Gasteiger partial charge is 0.257 e. The minimum Gasteiger partial charge on any atom is -0.368 e. The first kappa shape index (κ1) is 16.7. The van der Waals surface area contributed by atoms with Crippen LogP contribution in [0.15, 0.2) is 6.20 Å². The van der Waals surface area contributed by atoms with Gasteiger partial charge in [0, 0.05) is 24.8 Å². The van der Waals surface area contributed by atoms with E-state index in [1.54, 1.807) is 0 Å². The molecule has 20 heavy (non-hydrogen) atoms. The quantitative estimate of drug-likeness (QED) is 0.809. The molecule has 0 bridgehead atoms. The summed E-state index contributed by atoms with van der Waals surface area (Å²) in [6.45, 7) is 7.24. The molecule has 0 spiro atoms. The topological polar surface area (TPSA) is 70.1 Å². The predicted octanol–water partition coefficient (Wildman–Crippen LogP) is 1.63. The zero-order valence-electron chi connectivity index (χ0n) is 12.6. The van der Waals surface area contributed by atoms with Crippen LogP contribution in [0.1, 0.15) is 31.1 Å². The van der Waals surface area contributed by atoms with Gasteiger partial charge in [-0.3, -0.25) is 4.79 Å². The van der Waals surface area contributed by atoms with E-state index < -0.39 is 0 Å². The van der Waals surface area contributed by atoms with E-state index in [9.17, 15) is 4.79 Å². The molecule has 0 aliphatic heterocycles. The molecule has 1 heterocycles. The van der Waals surface area contributed by atoms with Crippen molar-refractivity contribution in [1.29, 1.82) is 0 Å². The summed E-state index contributed by atoms with van der Waals surface area (Å²) in [5, 5.41) is 6.11. The van der Waals surface area contributed by atoms with Crippen LogP contribution >= 0.6 is 11.6 Å². The Morgan fingerprint density at radius 3 is 2.60 bits per heavy atom. The number of carbonyl (C=O) groups excluding carboxylic acids is 1. The standard InChI is InChI=1S/C13H22ClN5O/c1-13(2,3)18-11(20)9-8-16-12(14)17-10(9)15-6-7-19(4)5/h8H,6-7H2,1-5H3,(H,18,20)(H,15,16,17). The van der Waals surface area contributed by atoms with E-state index in [1.807, 2.05) is 39.8 Å². The highest BCUT2D eigenvalue weighted by atomic mass is 35.5. The maximum absolute atomic E-state index is 12.2. The highest BCUT2D eigenvalue weighted by Gasteiger charge is 2.19. The van der Waals surface area contributed by atoms with Gasteiger partial charge in [-0.25, -0.2) is 4.98 Å². The van der Waals surface area contributed by atoms with Crippen molar-refractivity contribution in [3.8, 4) is 0 Å². The molecule has 1 aromatic heterocycles. The summed E-state index contributed by atoms with van der Waals surface area (Å²) in [5.74, 6) is 0.232. The maximum Gasteiger partial charge on any atom is 0.257 e. The van der Waals surface area contributed by atoms with Gasteiger partial charge in [0.25, 0.3) is 5.91 Å². The Hall–Kier alpha value is -1.40. The van der Waals surface area contributed by atoms with Crippen LogP contribution in [0, 0.1) is 0 Å². The third-order valence-electron chi connectivity index (χ3n) is 2.34. The van der Waals surface area contributed by atoms with Crippen molar-refractivity contribution in [1.82, 2.24) is 20.2 Å². The number of hydrogen-bond donors (Lipinski definition) is 2. The van der Waals surface area contributed by atoms with E-state index in [4.69, 9.17) is 11.6 Å². The molecule has 0 aliphatic rings. The number of anilines is 1. The summed E-state index contributed by atoms with van der Waals surface area (Å²) in [5.41, 5.74) is 0.0699. The summed E-state index contributed by atoms with van der Waals surface area (Å²) in [6, 6.07) is 0. The molecule has 0 saturated carbocycles. The molecule has 0 saturated heterocycles. The number of amides is 1. The number of aromatic nitrogens is 2. The van der Waals surface area contributed by atoms with Gasteiger partial charge in [0.15, 0.2) is 0 Å². The third-order valence-corrected chi connectivity index (χ3v) is 2.53. The normalized spacial score (nSPS) is 11.6. The lowest BCUT2D eigenvalue weighted by Crippen LogP contribution is -2.41. The molecule has 0 aromatic carbocycles. The Kier molecular flexibility index (Phi) is 5.71. The number of nitrogens with one attached hydrogen (secondary N) is 2. The first-order valence-electron chi connectivity index (χ1n) is 6.43. The number of carbonyl (C=O) groups is 1. The Morgan fingerprint density at radius 2 is 2.05 bits per heavy atom. The van der Waals surface area contributed by atoms with Gasteiger partial charge in [0.2, 0.25) is 5.28 Å². The van der Waals surface area contributed by atoms with E-state index >= 15 is 0 Å². The summed E-state index contributed by atoms with van der Waals surface area (Å²) in [6.07, 6.45) is 1.44. The molecule has 0 fully saturated rings. The van der Waals surface area contributed by atoms with Crippen LogP contribution < -0.4 is 10.6 Å². The van der Waals surface area contributed by atoms with Gasteiger partial charge in [-0.1, -0.05) is 0 Å². The first-order chi connectivity index (χ1) is 9.19. The van der Waals surface area contributed by atoms with Gasteiger partial charge < -0.3 is 15.5 Å². The zero-order valence-corrected chi connectivity index (χ0v) is 13.4. The fraction of sp³-hybridized carbons (Fsp3) is 0.615. The van der Waals surface area contributed by atoms with Crippen LogP contribution in [0.25, 0.3) is 0 Å². The highest BCUT2D eigenvalue weighted by molar-refractivity contribution is 6.28. The van der Waals surface area contributed by atoms with Crippen LogP contribution in [-0.4, -0.2) is 53.5 Å². The van der Waals surface area contributed by atoms with Gasteiger partial charge in [0.1, 0.15) is 11.4 Å². The molecular weight excluding hydrogens is 278 g/mol. The molecule has 112 valence electrons. The predicted molar refractivity (Wildman–Crippen MR) is 81.3 cm³/mol. The summed E-state index contributed by atoms with van der Waals surface area (Å²) >= 11 is 5.79. The van der Waals surface area contributed by atoms with E-state index in [2.05, 4.69) is 20.6 Å². The minimum absolute atomic E-state index is 0.115. The van der Waals surface area contributed by atoms with E-state index in [-0.39, 0.29) is 16.7 Å². The second-order valence-electron chi connectivity index (χ2n) is 5.84. The van der Waals surface area contributed by atoms with E-state index in [0.29, 0.717) is 17.9 Å². The molecule has 0 radical (unpaired) electrons. The molecule has 1 rings (SSSR count). The molecule has 7 heteroatoms. The van der Waals surface area contributed by atoms with E-state index in [1.165, 1.54) is 6.20 Å². The number of hydrogen-bond acceptors (Lipinski definition) is 5. The Labute approximate surface area is 124 Å². The molecule has 0 unspecified atom stereocenters. The highest BCUT2D eigenvalue weighted by Crippen LogP contribution is 2.15. The Bertz CT molecular complexity index is 470. The fourth-order valence-electron chi connectivity index (χ4n) is 1.47. The number of halogens is 1. The molecule has 6 nitrogen and oxygen atoms in total. The van der Waals surface area contributed by atoms with Crippen molar-refractivity contribution >= 4 is 23.3 Å². The molecule has 0 atom stereocenters. The van der Waals surface area contributed by atoms with Crippen molar-refractivity contribution < 1.29 is 4.79 Å². The second-order valence-corrected chi connectivity index (χ2v) is 6.17. The maximum atomic E-state index is 12.2. The van der Waals surface area contributed by atoms with Gasteiger partial charge >= 0.3 is 0 Å². The first-order valence-corrected chi connectivity index (χ1v) is 6.80. The molecule has 1 aromatic rings. The molecule has 1 amide bonds. The van der Waals surface area contributed by atoms with Crippen LogP contribution in [0.2, 0.25) is 5.28 Å². The monoisotopic (exact) mass is 299 g/mol. The zero-order chi connectivity index (χ0) is 15.3. The van der Waals surface area contributed by atoms with Crippen LogP contribution in [-0.2, 0) is 0 Å². The average Bonchev–Trinajstić information content (AvgIpc) is 2.25. The van der Waals surface area contributed by atoms with Crippen molar-refractivity contribution in [2.75, 3.05) is 32.5 Å². The summed E-state index contributed by atoms with van der Waals surface area (Å²) < 4.78 is 0. The lowest BCUT2D eigenvalue weighted by molar-refractivity contribution is 0.0919. The van der Waals surface area contributed by atoms with Gasteiger partial charge in [-0.2, -0.15) is 4.98 Å². The molecular formula is C13H22ClN5O. The Morgan fingerprint density at radius 1 is 1.40 bits per heavy atom. The van der Waals surface area contributed by atoms with Crippen LogP contribution in [0.3, 0.4) is 0 Å². The average molecular weight is 300 g/mol. The van der Waals surface area contributed by atoms with Gasteiger partial charge in [-0.15, -0.1) is 0 Å². The lowest BCUT2D eigenvalue weighted by Gasteiger charge is -2.21. The summed E-state index contributed by atoms with van der Waals surface area (Å²) in [4.78, 5) is 22.2. The minimum atomic E-state index is -0.322. The van der Waals surface area contributed by atoms with Crippen LogP contribution in [0.4, 0.5) is 5.82 Å². The molecule has 2 N–H and O–H groups in total. The fourth-order valence-corrected chi connectivity index (χ4v) is 1.60. The largest absolute Gasteiger partial charge is 0.368 e. The van der Waals surface area contributed by atoms with Gasteiger partial charge in [0.05, 0.1) is 0 Å². The number of rotatable bonds is 5. The SMILES string of the molecule is CN(C)CCNc1nc(Cl)ncc1C(=O)NC(C)(C)C. The third kappa shape index (κ3) is 5.71. The lowest BCUT2D eigenvalue weighted by atomic mass is 10.1.